The maximum absolute atomic E-state index is 10.4. The lowest BCUT2D eigenvalue weighted by molar-refractivity contribution is 0.107. The molecule has 1 unspecified atom stereocenters. The third-order valence-corrected chi connectivity index (χ3v) is 5.57. The minimum atomic E-state index is -0.371. The molecule has 0 saturated carbocycles. The summed E-state index contributed by atoms with van der Waals surface area (Å²) in [6.07, 6.45) is -0.371. The second-order valence-electron chi connectivity index (χ2n) is 7.94. The first-order valence-electron chi connectivity index (χ1n) is 11.0. The molecule has 0 spiro atoms. The Hall–Kier alpha value is -2.86. The van der Waals surface area contributed by atoms with Crippen molar-refractivity contribution in [1.29, 1.82) is 0 Å². The molecule has 0 bridgehead atoms. The Morgan fingerprint density at radius 3 is 2.19 bits per heavy atom. The van der Waals surface area contributed by atoms with E-state index in [4.69, 9.17) is 4.74 Å². The zero-order valence-corrected chi connectivity index (χ0v) is 17.9. The lowest BCUT2D eigenvalue weighted by Gasteiger charge is -2.37. The van der Waals surface area contributed by atoms with E-state index in [1.165, 1.54) is 5.56 Å². The van der Waals surface area contributed by atoms with Crippen LogP contribution >= 0.6 is 0 Å². The second kappa shape index (κ2) is 11.0. The molecule has 162 valence electrons. The summed E-state index contributed by atoms with van der Waals surface area (Å²) < 4.78 is 6.13. The minimum Gasteiger partial charge on any atom is -0.455 e. The molecule has 1 saturated heterocycles. The number of rotatable bonds is 9. The number of β-amino-alcohol motifs (C(OH)–C–C–N with tert-alkyl or cyclic N) is 1. The van der Waals surface area contributed by atoms with Crippen LogP contribution in [0.25, 0.3) is 0 Å². The van der Waals surface area contributed by atoms with Crippen LogP contribution in [0.1, 0.15) is 5.56 Å². The normalized spacial score (nSPS) is 15.6. The number of anilines is 1. The fourth-order valence-corrected chi connectivity index (χ4v) is 3.93. The molecule has 5 nitrogen and oxygen atoms in total. The summed E-state index contributed by atoms with van der Waals surface area (Å²) in [7, 11) is 0. The Balaban J connectivity index is 1.24. The van der Waals surface area contributed by atoms with Crippen molar-refractivity contribution in [3.63, 3.8) is 0 Å². The first-order chi connectivity index (χ1) is 15.3. The van der Waals surface area contributed by atoms with Gasteiger partial charge in [-0.05, 0) is 29.8 Å². The van der Waals surface area contributed by atoms with Gasteiger partial charge in [0, 0.05) is 45.8 Å². The minimum absolute atomic E-state index is 0.371. The Morgan fingerprint density at radius 2 is 1.45 bits per heavy atom. The number of nitrogens with zero attached hydrogens (tertiary/aromatic N) is 2. The predicted octanol–water partition coefficient (Wildman–Crippen LogP) is 3.75. The predicted molar refractivity (Wildman–Crippen MR) is 126 cm³/mol. The van der Waals surface area contributed by atoms with Crippen LogP contribution < -0.4 is 15.0 Å². The zero-order chi connectivity index (χ0) is 21.3. The molecular formula is C26H31N3O2. The lowest BCUT2D eigenvalue weighted by atomic mass is 10.2. The molecule has 4 rings (SSSR count). The van der Waals surface area contributed by atoms with Crippen LogP contribution in [0.4, 0.5) is 5.69 Å². The summed E-state index contributed by atoms with van der Waals surface area (Å²) in [5, 5.41) is 13.8. The molecule has 1 heterocycles. The quantitative estimate of drug-likeness (QED) is 0.555. The van der Waals surface area contributed by atoms with E-state index in [0.717, 1.165) is 49.9 Å². The van der Waals surface area contributed by atoms with E-state index in [0.29, 0.717) is 13.1 Å². The van der Waals surface area contributed by atoms with Crippen LogP contribution in [0.2, 0.25) is 0 Å². The van der Waals surface area contributed by atoms with Gasteiger partial charge < -0.3 is 20.1 Å². The van der Waals surface area contributed by atoms with Gasteiger partial charge in [-0.3, -0.25) is 4.90 Å². The van der Waals surface area contributed by atoms with E-state index in [1.54, 1.807) is 0 Å². The van der Waals surface area contributed by atoms with E-state index < -0.39 is 0 Å². The molecule has 0 amide bonds. The Bertz CT molecular complexity index is 912. The van der Waals surface area contributed by atoms with E-state index in [9.17, 15) is 5.11 Å². The number of aliphatic hydroxyl groups excluding tert-OH is 1. The molecule has 31 heavy (non-hydrogen) atoms. The molecule has 2 N–H and O–H groups in total. The SMILES string of the molecule is OC(CNCc1ccccc1)CN1CCN(c2ccccc2Oc2ccccc2)CC1. The monoisotopic (exact) mass is 417 g/mol. The van der Waals surface area contributed by atoms with Gasteiger partial charge in [0.2, 0.25) is 0 Å². The second-order valence-corrected chi connectivity index (χ2v) is 7.94. The molecule has 0 radical (unpaired) electrons. The Kier molecular flexibility index (Phi) is 7.56. The summed E-state index contributed by atoms with van der Waals surface area (Å²) in [4.78, 5) is 4.71. The zero-order valence-electron chi connectivity index (χ0n) is 17.9. The van der Waals surface area contributed by atoms with E-state index in [2.05, 4.69) is 39.4 Å². The van der Waals surface area contributed by atoms with Crippen LogP contribution in [0.15, 0.2) is 84.9 Å². The van der Waals surface area contributed by atoms with Gasteiger partial charge in [0.1, 0.15) is 5.75 Å². The van der Waals surface area contributed by atoms with Crippen molar-refractivity contribution < 1.29 is 9.84 Å². The molecule has 1 atom stereocenters. The average Bonchev–Trinajstić information content (AvgIpc) is 2.81. The smallest absolute Gasteiger partial charge is 0.150 e. The number of ether oxygens (including phenoxy) is 1. The average molecular weight is 418 g/mol. The highest BCUT2D eigenvalue weighted by Crippen LogP contribution is 2.32. The fourth-order valence-electron chi connectivity index (χ4n) is 3.93. The Labute approximate surface area is 184 Å². The van der Waals surface area contributed by atoms with Gasteiger partial charge in [0.25, 0.3) is 0 Å². The molecule has 0 aliphatic carbocycles. The van der Waals surface area contributed by atoms with Gasteiger partial charge in [-0.15, -0.1) is 0 Å². The van der Waals surface area contributed by atoms with Crippen molar-refractivity contribution in [2.45, 2.75) is 12.6 Å². The fraction of sp³-hybridized carbons (Fsp3) is 0.308. The highest BCUT2D eigenvalue weighted by molar-refractivity contribution is 5.59. The van der Waals surface area contributed by atoms with Crippen molar-refractivity contribution in [3.05, 3.63) is 90.5 Å². The van der Waals surface area contributed by atoms with Crippen molar-refractivity contribution >= 4 is 5.69 Å². The summed E-state index contributed by atoms with van der Waals surface area (Å²) in [6.45, 7) is 5.76. The molecule has 0 aromatic heterocycles. The molecule has 3 aromatic carbocycles. The molecule has 5 heteroatoms. The topological polar surface area (TPSA) is 48.0 Å². The third-order valence-electron chi connectivity index (χ3n) is 5.57. The number of piperazine rings is 1. The molecule has 1 fully saturated rings. The van der Waals surface area contributed by atoms with Gasteiger partial charge in [-0.2, -0.15) is 0 Å². The molecule has 3 aromatic rings. The van der Waals surface area contributed by atoms with Gasteiger partial charge >= 0.3 is 0 Å². The highest BCUT2D eigenvalue weighted by atomic mass is 16.5. The van der Waals surface area contributed by atoms with Crippen LogP contribution in [0.3, 0.4) is 0 Å². The number of hydrogen-bond donors (Lipinski definition) is 2. The maximum Gasteiger partial charge on any atom is 0.150 e. The number of para-hydroxylation sites is 3. The number of benzene rings is 3. The Morgan fingerprint density at radius 1 is 0.806 bits per heavy atom. The lowest BCUT2D eigenvalue weighted by Crippen LogP contribution is -2.49. The van der Waals surface area contributed by atoms with Gasteiger partial charge in [-0.25, -0.2) is 0 Å². The van der Waals surface area contributed by atoms with Gasteiger partial charge in [-0.1, -0.05) is 60.7 Å². The van der Waals surface area contributed by atoms with Crippen molar-refractivity contribution in [3.8, 4) is 11.5 Å². The maximum atomic E-state index is 10.4. The molecule has 1 aliphatic rings. The van der Waals surface area contributed by atoms with Crippen LogP contribution in [0.5, 0.6) is 11.5 Å². The van der Waals surface area contributed by atoms with E-state index in [1.807, 2.05) is 60.7 Å². The highest BCUT2D eigenvalue weighted by Gasteiger charge is 2.21. The molecule has 1 aliphatic heterocycles. The van der Waals surface area contributed by atoms with E-state index >= 15 is 0 Å². The molecular weight excluding hydrogens is 386 g/mol. The largest absolute Gasteiger partial charge is 0.455 e. The van der Waals surface area contributed by atoms with Crippen LogP contribution in [-0.2, 0) is 6.54 Å². The van der Waals surface area contributed by atoms with Crippen molar-refractivity contribution in [2.24, 2.45) is 0 Å². The standard InChI is InChI=1S/C26H31N3O2/c30-23(20-27-19-22-9-3-1-4-10-22)21-28-15-17-29(18-16-28)25-13-7-8-14-26(25)31-24-11-5-2-6-12-24/h1-14,23,27,30H,15-21H2. The number of aliphatic hydroxyl groups is 1. The van der Waals surface area contributed by atoms with Gasteiger partial charge in [0.05, 0.1) is 11.8 Å². The van der Waals surface area contributed by atoms with Crippen LogP contribution in [0, 0.1) is 0 Å². The van der Waals surface area contributed by atoms with E-state index in [-0.39, 0.29) is 6.10 Å². The first-order valence-corrected chi connectivity index (χ1v) is 11.0. The van der Waals surface area contributed by atoms with Crippen molar-refractivity contribution in [1.82, 2.24) is 10.2 Å². The van der Waals surface area contributed by atoms with Gasteiger partial charge in [0.15, 0.2) is 5.75 Å². The van der Waals surface area contributed by atoms with Crippen molar-refractivity contribution in [2.75, 3.05) is 44.2 Å². The number of nitrogens with one attached hydrogen (secondary N) is 1. The first kappa shape index (κ1) is 21.4. The summed E-state index contributed by atoms with van der Waals surface area (Å²) in [5.41, 5.74) is 2.36. The third kappa shape index (κ3) is 6.31. The summed E-state index contributed by atoms with van der Waals surface area (Å²) in [5.74, 6) is 1.73. The summed E-state index contributed by atoms with van der Waals surface area (Å²) >= 11 is 0. The van der Waals surface area contributed by atoms with Crippen LogP contribution in [-0.4, -0.2) is 55.4 Å². The summed E-state index contributed by atoms with van der Waals surface area (Å²) in [6, 6.07) is 28.4. The number of hydrogen-bond acceptors (Lipinski definition) is 5.